The lowest BCUT2D eigenvalue weighted by atomic mass is 10.1. The molecule has 0 aromatic heterocycles. The molecule has 0 heterocycles. The summed E-state index contributed by atoms with van der Waals surface area (Å²) in [4.78, 5) is 24.3. The third-order valence-electron chi connectivity index (χ3n) is 4.89. The summed E-state index contributed by atoms with van der Waals surface area (Å²) in [7, 11) is 1.47. The number of hydrazone groups is 1. The third kappa shape index (κ3) is 6.20. The minimum absolute atomic E-state index is 0.0145. The van der Waals surface area contributed by atoms with Crippen LogP contribution in [-0.4, -0.2) is 25.1 Å². The average molecular weight is 528 g/mol. The number of nitrogens with zero attached hydrogens (tertiary/aromatic N) is 1. The van der Waals surface area contributed by atoms with Gasteiger partial charge in [-0.2, -0.15) is 5.10 Å². The van der Waals surface area contributed by atoms with Crippen LogP contribution in [0.5, 0.6) is 11.5 Å². The topological polar surface area (TPSA) is 89.0 Å². The molecule has 0 spiro atoms. The van der Waals surface area contributed by atoms with Gasteiger partial charge in [-0.15, -0.1) is 0 Å². The SMILES string of the molecule is COc1cc(C=NNC(=O)C(=O)Nc2c(C)cccc2C)cc(Br)c1OCc1ccccc1F. The second kappa shape index (κ2) is 11.4. The van der Waals surface area contributed by atoms with E-state index in [4.69, 9.17) is 9.47 Å². The number of aryl methyl sites for hydroxylation is 2. The first-order valence-corrected chi connectivity index (χ1v) is 11.0. The van der Waals surface area contributed by atoms with Gasteiger partial charge in [0.05, 0.1) is 17.8 Å². The number of rotatable bonds is 7. The number of hydrogen-bond donors (Lipinski definition) is 2. The summed E-state index contributed by atoms with van der Waals surface area (Å²) in [5.74, 6) is -1.33. The Morgan fingerprint density at radius 1 is 1.06 bits per heavy atom. The van der Waals surface area contributed by atoms with Crippen LogP contribution in [0.15, 0.2) is 64.2 Å². The molecule has 0 aliphatic rings. The van der Waals surface area contributed by atoms with Gasteiger partial charge >= 0.3 is 11.8 Å². The first-order chi connectivity index (χ1) is 16.3. The van der Waals surface area contributed by atoms with Gasteiger partial charge in [-0.3, -0.25) is 9.59 Å². The zero-order valence-electron chi connectivity index (χ0n) is 18.8. The van der Waals surface area contributed by atoms with Crippen molar-refractivity contribution in [1.29, 1.82) is 0 Å². The standard InChI is InChI=1S/C25H23BrFN3O4/c1-15-7-6-8-16(2)22(15)29-24(31)25(32)30-28-13-17-11-19(26)23(21(12-17)33-3)34-14-18-9-4-5-10-20(18)27/h4-13H,14H2,1-3H3,(H,29,31)(H,30,32). The molecule has 3 aromatic rings. The van der Waals surface area contributed by atoms with E-state index in [1.165, 1.54) is 19.4 Å². The Balaban J connectivity index is 1.65. The van der Waals surface area contributed by atoms with Gasteiger partial charge < -0.3 is 14.8 Å². The molecule has 3 rings (SSSR count). The van der Waals surface area contributed by atoms with Crippen molar-refractivity contribution in [1.82, 2.24) is 5.43 Å². The monoisotopic (exact) mass is 527 g/mol. The van der Waals surface area contributed by atoms with E-state index in [0.717, 1.165) is 11.1 Å². The predicted octanol–water partition coefficient (Wildman–Crippen LogP) is 4.88. The van der Waals surface area contributed by atoms with Gasteiger partial charge in [-0.25, -0.2) is 9.82 Å². The van der Waals surface area contributed by atoms with Crippen LogP contribution in [0.25, 0.3) is 0 Å². The van der Waals surface area contributed by atoms with E-state index < -0.39 is 11.8 Å². The lowest BCUT2D eigenvalue weighted by molar-refractivity contribution is -0.136. The zero-order chi connectivity index (χ0) is 24.7. The molecular formula is C25H23BrFN3O4. The molecule has 0 fully saturated rings. The lowest BCUT2D eigenvalue weighted by Gasteiger charge is -2.14. The van der Waals surface area contributed by atoms with Gasteiger partial charge in [0.25, 0.3) is 0 Å². The number of carbonyl (C=O) groups excluding carboxylic acids is 2. The first kappa shape index (κ1) is 24.9. The van der Waals surface area contributed by atoms with Crippen LogP contribution in [0.3, 0.4) is 0 Å². The fourth-order valence-electron chi connectivity index (χ4n) is 3.12. The molecule has 9 heteroatoms. The van der Waals surface area contributed by atoms with Gasteiger partial charge in [-0.05, 0) is 64.7 Å². The summed E-state index contributed by atoms with van der Waals surface area (Å²) in [6.07, 6.45) is 1.36. The Morgan fingerprint density at radius 3 is 2.44 bits per heavy atom. The van der Waals surface area contributed by atoms with Crippen LogP contribution in [-0.2, 0) is 16.2 Å². The van der Waals surface area contributed by atoms with E-state index >= 15 is 0 Å². The summed E-state index contributed by atoms with van der Waals surface area (Å²) < 4.78 is 25.5. The highest BCUT2D eigenvalue weighted by Crippen LogP contribution is 2.37. The molecule has 0 bridgehead atoms. The largest absolute Gasteiger partial charge is 0.493 e. The van der Waals surface area contributed by atoms with Crippen LogP contribution in [0.2, 0.25) is 0 Å². The number of methoxy groups -OCH3 is 1. The van der Waals surface area contributed by atoms with E-state index in [1.54, 1.807) is 30.3 Å². The smallest absolute Gasteiger partial charge is 0.329 e. The number of para-hydroxylation sites is 1. The number of hydrogen-bond acceptors (Lipinski definition) is 5. The van der Waals surface area contributed by atoms with Gasteiger partial charge in [0.1, 0.15) is 12.4 Å². The minimum atomic E-state index is -0.908. The molecule has 2 amide bonds. The number of amides is 2. The molecular weight excluding hydrogens is 505 g/mol. The van der Waals surface area contributed by atoms with Crippen molar-refractivity contribution in [3.05, 3.63) is 87.1 Å². The third-order valence-corrected chi connectivity index (χ3v) is 5.48. The molecule has 2 N–H and O–H groups in total. The van der Waals surface area contributed by atoms with Gasteiger partial charge in [-0.1, -0.05) is 36.4 Å². The molecule has 0 unspecified atom stereocenters. The number of ether oxygens (including phenoxy) is 2. The van der Waals surface area contributed by atoms with Crippen molar-refractivity contribution in [3.8, 4) is 11.5 Å². The fourth-order valence-corrected chi connectivity index (χ4v) is 3.69. The molecule has 0 aliphatic heterocycles. The average Bonchev–Trinajstić information content (AvgIpc) is 2.81. The highest BCUT2D eigenvalue weighted by Gasteiger charge is 2.16. The molecule has 0 radical (unpaired) electrons. The number of carbonyl (C=O) groups is 2. The lowest BCUT2D eigenvalue weighted by Crippen LogP contribution is -2.32. The maximum absolute atomic E-state index is 13.9. The summed E-state index contributed by atoms with van der Waals surface area (Å²) >= 11 is 3.41. The fraction of sp³-hybridized carbons (Fsp3) is 0.160. The number of anilines is 1. The number of nitrogens with one attached hydrogen (secondary N) is 2. The Kier molecular flexibility index (Phi) is 8.37. The highest BCUT2D eigenvalue weighted by atomic mass is 79.9. The quantitative estimate of drug-likeness (QED) is 0.260. The minimum Gasteiger partial charge on any atom is -0.493 e. The van der Waals surface area contributed by atoms with E-state index in [9.17, 15) is 14.0 Å². The maximum Gasteiger partial charge on any atom is 0.329 e. The van der Waals surface area contributed by atoms with Crippen molar-refractivity contribution in [2.45, 2.75) is 20.5 Å². The Hall–Kier alpha value is -3.72. The molecule has 3 aromatic carbocycles. The van der Waals surface area contributed by atoms with Crippen LogP contribution in [0.1, 0.15) is 22.3 Å². The van der Waals surface area contributed by atoms with Crippen LogP contribution in [0, 0.1) is 19.7 Å². The predicted molar refractivity (Wildman–Crippen MR) is 132 cm³/mol. The molecule has 0 aliphatic carbocycles. The maximum atomic E-state index is 13.9. The molecule has 34 heavy (non-hydrogen) atoms. The van der Waals surface area contributed by atoms with E-state index in [1.807, 2.05) is 32.0 Å². The highest BCUT2D eigenvalue weighted by molar-refractivity contribution is 9.10. The van der Waals surface area contributed by atoms with E-state index in [-0.39, 0.29) is 12.4 Å². The summed E-state index contributed by atoms with van der Waals surface area (Å²) in [5.41, 5.74) is 5.46. The van der Waals surface area contributed by atoms with Gasteiger partial charge in [0.15, 0.2) is 11.5 Å². The van der Waals surface area contributed by atoms with Crippen LogP contribution < -0.4 is 20.2 Å². The Labute approximate surface area is 205 Å². The molecule has 7 nitrogen and oxygen atoms in total. The van der Waals surface area contributed by atoms with Gasteiger partial charge in [0, 0.05) is 11.3 Å². The first-order valence-electron chi connectivity index (χ1n) is 10.2. The molecule has 0 saturated carbocycles. The van der Waals surface area contributed by atoms with Crippen molar-refractivity contribution in [3.63, 3.8) is 0 Å². The van der Waals surface area contributed by atoms with Crippen molar-refractivity contribution in [2.75, 3.05) is 12.4 Å². The normalized spacial score (nSPS) is 10.7. The van der Waals surface area contributed by atoms with Crippen molar-refractivity contribution >= 4 is 39.6 Å². The summed E-state index contributed by atoms with van der Waals surface area (Å²) in [6, 6.07) is 15.2. The van der Waals surface area contributed by atoms with E-state index in [2.05, 4.69) is 31.8 Å². The van der Waals surface area contributed by atoms with Crippen molar-refractivity contribution in [2.24, 2.45) is 5.10 Å². The number of benzene rings is 3. The summed E-state index contributed by atoms with van der Waals surface area (Å²) in [6.45, 7) is 3.70. The Bertz CT molecular complexity index is 1230. The van der Waals surface area contributed by atoms with Crippen LogP contribution in [0.4, 0.5) is 10.1 Å². The number of halogens is 2. The van der Waals surface area contributed by atoms with E-state index in [0.29, 0.717) is 32.8 Å². The second-order valence-corrected chi connectivity index (χ2v) is 8.19. The molecule has 176 valence electrons. The summed E-state index contributed by atoms with van der Waals surface area (Å²) in [5, 5.41) is 6.45. The Morgan fingerprint density at radius 2 is 1.76 bits per heavy atom. The molecule has 0 saturated heterocycles. The molecule has 0 atom stereocenters. The van der Waals surface area contributed by atoms with Crippen molar-refractivity contribution < 1.29 is 23.5 Å². The zero-order valence-corrected chi connectivity index (χ0v) is 20.4. The van der Waals surface area contributed by atoms with Gasteiger partial charge in [0.2, 0.25) is 0 Å². The second-order valence-electron chi connectivity index (χ2n) is 7.33. The van der Waals surface area contributed by atoms with Crippen LogP contribution >= 0.6 is 15.9 Å².